The maximum Gasteiger partial charge on any atom is 0.228 e. The van der Waals surface area contributed by atoms with E-state index in [1.807, 2.05) is 43.9 Å². The summed E-state index contributed by atoms with van der Waals surface area (Å²) >= 11 is 0. The predicted octanol–water partition coefficient (Wildman–Crippen LogP) is 2.45. The Morgan fingerprint density at radius 1 is 1.48 bits per heavy atom. The van der Waals surface area contributed by atoms with Gasteiger partial charge in [-0.2, -0.15) is 0 Å². The number of ether oxygens (including phenoxy) is 1. The monoisotopic (exact) mass is 317 g/mol. The van der Waals surface area contributed by atoms with Crippen molar-refractivity contribution in [2.45, 2.75) is 32.4 Å². The van der Waals surface area contributed by atoms with Gasteiger partial charge >= 0.3 is 0 Å². The second-order valence-electron chi connectivity index (χ2n) is 6.14. The van der Waals surface area contributed by atoms with Gasteiger partial charge in [0.25, 0.3) is 0 Å². The molecule has 3 rings (SSSR count). The Bertz CT molecular complexity index is 676. The summed E-state index contributed by atoms with van der Waals surface area (Å²) in [7, 11) is 3.74. The number of amides is 1. The van der Waals surface area contributed by atoms with Gasteiger partial charge in [-0.15, -0.1) is 0 Å². The van der Waals surface area contributed by atoms with Crippen molar-refractivity contribution in [1.82, 2.24) is 14.5 Å². The highest BCUT2D eigenvalue weighted by molar-refractivity contribution is 5.79. The van der Waals surface area contributed by atoms with E-state index in [9.17, 15) is 4.79 Å². The van der Waals surface area contributed by atoms with E-state index in [0.29, 0.717) is 13.2 Å². The molecule has 2 atom stereocenters. The number of carbonyl (C=O) groups is 1. The van der Waals surface area contributed by atoms with Crippen molar-refractivity contribution >= 4 is 5.91 Å². The van der Waals surface area contributed by atoms with Crippen LogP contribution in [0.1, 0.15) is 36.3 Å². The molecule has 1 fully saturated rings. The van der Waals surface area contributed by atoms with Gasteiger partial charge in [0.1, 0.15) is 23.4 Å². The smallest absolute Gasteiger partial charge is 0.228 e. The van der Waals surface area contributed by atoms with E-state index in [1.165, 1.54) is 0 Å². The third-order valence-electron chi connectivity index (χ3n) is 4.32. The minimum Gasteiger partial charge on any atom is -0.464 e. The minimum absolute atomic E-state index is 0.0757. The summed E-state index contributed by atoms with van der Waals surface area (Å²) in [5.41, 5.74) is 0. The van der Waals surface area contributed by atoms with E-state index >= 15 is 0 Å². The van der Waals surface area contributed by atoms with Crippen LogP contribution in [0.25, 0.3) is 0 Å². The second-order valence-corrected chi connectivity index (χ2v) is 6.14. The zero-order valence-electron chi connectivity index (χ0n) is 13.9. The van der Waals surface area contributed by atoms with Gasteiger partial charge in [0, 0.05) is 33.1 Å². The van der Waals surface area contributed by atoms with Crippen LogP contribution in [0.15, 0.2) is 28.9 Å². The lowest BCUT2D eigenvalue weighted by Crippen LogP contribution is -2.39. The van der Waals surface area contributed by atoms with Crippen LogP contribution in [0.5, 0.6) is 0 Å². The molecule has 0 N–H and O–H groups in total. The van der Waals surface area contributed by atoms with Crippen molar-refractivity contribution in [3.8, 4) is 0 Å². The summed E-state index contributed by atoms with van der Waals surface area (Å²) in [5, 5.41) is 0. The molecule has 1 saturated heterocycles. The average molecular weight is 317 g/mol. The Morgan fingerprint density at radius 3 is 2.96 bits per heavy atom. The lowest BCUT2D eigenvalue weighted by molar-refractivity contribution is -0.145. The van der Waals surface area contributed by atoms with Crippen molar-refractivity contribution in [3.63, 3.8) is 0 Å². The number of aryl methyl sites for hydroxylation is 2. The fourth-order valence-electron chi connectivity index (χ4n) is 3.10. The molecule has 6 heteroatoms. The summed E-state index contributed by atoms with van der Waals surface area (Å²) in [6.45, 7) is 3.04. The first kappa shape index (κ1) is 15.8. The summed E-state index contributed by atoms with van der Waals surface area (Å²) in [6.07, 6.45) is 5.05. The Kier molecular flexibility index (Phi) is 4.52. The molecule has 2 aromatic rings. The molecule has 1 aliphatic rings. The first-order chi connectivity index (χ1) is 11.1. The molecule has 0 aromatic carbocycles. The maximum atomic E-state index is 12.9. The zero-order chi connectivity index (χ0) is 16.4. The molecule has 124 valence electrons. The van der Waals surface area contributed by atoms with Crippen LogP contribution in [-0.4, -0.2) is 34.0 Å². The molecule has 0 saturated carbocycles. The van der Waals surface area contributed by atoms with Gasteiger partial charge in [-0.25, -0.2) is 4.98 Å². The van der Waals surface area contributed by atoms with Crippen molar-refractivity contribution in [3.05, 3.63) is 41.9 Å². The number of hydrogen-bond donors (Lipinski definition) is 0. The van der Waals surface area contributed by atoms with Gasteiger partial charge in [0.15, 0.2) is 0 Å². The molecule has 1 aliphatic heterocycles. The van der Waals surface area contributed by atoms with Crippen molar-refractivity contribution in [1.29, 1.82) is 0 Å². The Morgan fingerprint density at radius 2 is 2.30 bits per heavy atom. The lowest BCUT2D eigenvalue weighted by atomic mass is 9.92. The number of carbonyl (C=O) groups excluding carboxylic acids is 1. The van der Waals surface area contributed by atoms with E-state index in [0.717, 1.165) is 30.2 Å². The standard InChI is InChI=1S/C17H23N3O3/c1-12-6-7-13(23-12)11-20(3)17(21)14-5-4-10-22-15(14)16-18-8-9-19(16)2/h6-9,14-15H,4-5,10-11H2,1-3H3/t14-,15-/m1/s1. The highest BCUT2D eigenvalue weighted by Crippen LogP contribution is 2.34. The van der Waals surface area contributed by atoms with Gasteiger partial charge in [0.2, 0.25) is 5.91 Å². The molecule has 3 heterocycles. The molecular formula is C17H23N3O3. The zero-order valence-corrected chi connectivity index (χ0v) is 13.9. The van der Waals surface area contributed by atoms with Crippen molar-refractivity contribution < 1.29 is 13.9 Å². The first-order valence-corrected chi connectivity index (χ1v) is 7.95. The topological polar surface area (TPSA) is 60.5 Å². The van der Waals surface area contributed by atoms with Crippen LogP contribution in [-0.2, 0) is 23.1 Å². The first-order valence-electron chi connectivity index (χ1n) is 7.95. The van der Waals surface area contributed by atoms with Gasteiger partial charge in [-0.05, 0) is 31.9 Å². The number of furan rings is 1. The molecule has 0 spiro atoms. The molecular weight excluding hydrogens is 294 g/mol. The normalized spacial score (nSPS) is 21.3. The van der Waals surface area contributed by atoms with Crippen LogP contribution in [0.4, 0.5) is 0 Å². The van der Waals surface area contributed by atoms with Crippen LogP contribution >= 0.6 is 0 Å². The summed E-state index contributed by atoms with van der Waals surface area (Å²) in [4.78, 5) is 19.0. The SMILES string of the molecule is Cc1ccc(CN(C)C(=O)[C@@H]2CCCO[C@H]2c2nccn2C)o1. The number of aromatic nitrogens is 2. The maximum absolute atomic E-state index is 12.9. The van der Waals surface area contributed by atoms with E-state index in [1.54, 1.807) is 11.1 Å². The summed E-state index contributed by atoms with van der Waals surface area (Å²) in [6, 6.07) is 3.82. The van der Waals surface area contributed by atoms with Crippen LogP contribution < -0.4 is 0 Å². The molecule has 6 nitrogen and oxygen atoms in total. The molecule has 23 heavy (non-hydrogen) atoms. The fraction of sp³-hybridized carbons (Fsp3) is 0.529. The Labute approximate surface area is 136 Å². The average Bonchev–Trinajstić information content (AvgIpc) is 3.15. The summed E-state index contributed by atoms with van der Waals surface area (Å²) in [5.74, 6) is 2.33. The largest absolute Gasteiger partial charge is 0.464 e. The highest BCUT2D eigenvalue weighted by Gasteiger charge is 2.37. The molecule has 1 amide bonds. The third kappa shape index (κ3) is 3.32. The second kappa shape index (κ2) is 6.58. The molecule has 2 aromatic heterocycles. The molecule has 0 unspecified atom stereocenters. The van der Waals surface area contributed by atoms with E-state index in [-0.39, 0.29) is 17.9 Å². The Balaban J connectivity index is 1.74. The van der Waals surface area contributed by atoms with E-state index in [4.69, 9.17) is 9.15 Å². The number of imidazole rings is 1. The van der Waals surface area contributed by atoms with Gasteiger partial charge in [-0.3, -0.25) is 4.79 Å². The third-order valence-corrected chi connectivity index (χ3v) is 4.32. The minimum atomic E-state index is -0.281. The molecule has 0 aliphatic carbocycles. The predicted molar refractivity (Wildman–Crippen MR) is 84.5 cm³/mol. The summed E-state index contributed by atoms with van der Waals surface area (Å²) < 4.78 is 13.4. The van der Waals surface area contributed by atoms with Crippen LogP contribution in [0, 0.1) is 12.8 Å². The number of rotatable bonds is 4. The number of hydrogen-bond acceptors (Lipinski definition) is 4. The van der Waals surface area contributed by atoms with E-state index < -0.39 is 0 Å². The van der Waals surface area contributed by atoms with Crippen LogP contribution in [0.2, 0.25) is 0 Å². The van der Waals surface area contributed by atoms with E-state index in [2.05, 4.69) is 4.98 Å². The lowest BCUT2D eigenvalue weighted by Gasteiger charge is -2.32. The molecule has 0 radical (unpaired) electrons. The number of nitrogens with zero attached hydrogens (tertiary/aromatic N) is 3. The van der Waals surface area contributed by atoms with Crippen molar-refractivity contribution in [2.24, 2.45) is 13.0 Å². The fourth-order valence-corrected chi connectivity index (χ4v) is 3.10. The van der Waals surface area contributed by atoms with Crippen molar-refractivity contribution in [2.75, 3.05) is 13.7 Å². The molecule has 0 bridgehead atoms. The van der Waals surface area contributed by atoms with Gasteiger partial charge < -0.3 is 18.6 Å². The highest BCUT2D eigenvalue weighted by atomic mass is 16.5. The van der Waals surface area contributed by atoms with Gasteiger partial charge in [-0.1, -0.05) is 0 Å². The quantitative estimate of drug-likeness (QED) is 0.869. The van der Waals surface area contributed by atoms with Gasteiger partial charge in [0.05, 0.1) is 12.5 Å². The van der Waals surface area contributed by atoms with Crippen LogP contribution in [0.3, 0.4) is 0 Å². The Hall–Kier alpha value is -2.08.